The van der Waals surface area contributed by atoms with Gasteiger partial charge < -0.3 is 10.8 Å². The highest BCUT2D eigenvalue weighted by Gasteiger charge is 2.16. The lowest BCUT2D eigenvalue weighted by atomic mass is 10.1. The second-order valence-corrected chi connectivity index (χ2v) is 4.15. The molecule has 0 radical (unpaired) electrons. The Bertz CT molecular complexity index is 96.1. The summed E-state index contributed by atoms with van der Waals surface area (Å²) in [4.78, 5) is 0. The van der Waals surface area contributed by atoms with Crippen molar-refractivity contribution in [2.75, 3.05) is 18.1 Å². The largest absolute Gasteiger partial charge is 0.389 e. The molecule has 0 aromatic heterocycles. The second kappa shape index (κ2) is 5.86. The highest BCUT2D eigenvalue weighted by atomic mass is 32.2. The average Bonchev–Trinajstić information content (AvgIpc) is 1.99. The number of aliphatic hydroxyl groups is 1. The third-order valence-corrected chi connectivity index (χ3v) is 3.07. The normalized spacial score (nSPS) is 16.4. The Morgan fingerprint density at radius 3 is 2.64 bits per heavy atom. The zero-order valence-electron chi connectivity index (χ0n) is 7.47. The van der Waals surface area contributed by atoms with Crippen molar-refractivity contribution >= 4 is 11.8 Å². The highest BCUT2D eigenvalue weighted by molar-refractivity contribution is 7.99. The first-order valence-corrected chi connectivity index (χ1v) is 5.28. The fourth-order valence-corrected chi connectivity index (χ4v) is 1.74. The fourth-order valence-electron chi connectivity index (χ4n) is 0.580. The summed E-state index contributed by atoms with van der Waals surface area (Å²) in [5.74, 6) is 1.89. The summed E-state index contributed by atoms with van der Waals surface area (Å²) in [7, 11) is 0. The second-order valence-electron chi connectivity index (χ2n) is 3.05. The topological polar surface area (TPSA) is 46.2 Å². The maximum absolute atomic E-state index is 9.57. The zero-order chi connectivity index (χ0) is 8.74. The average molecular weight is 177 g/mol. The van der Waals surface area contributed by atoms with Gasteiger partial charge in [-0.1, -0.05) is 6.92 Å². The van der Waals surface area contributed by atoms with Gasteiger partial charge in [0.1, 0.15) is 0 Å². The van der Waals surface area contributed by atoms with Crippen LogP contribution in [0.5, 0.6) is 0 Å². The van der Waals surface area contributed by atoms with Gasteiger partial charge in [0.2, 0.25) is 0 Å². The first kappa shape index (κ1) is 11.3. The summed E-state index contributed by atoms with van der Waals surface area (Å²) in [6, 6.07) is 0. The van der Waals surface area contributed by atoms with Crippen LogP contribution in [0.15, 0.2) is 0 Å². The molecule has 0 spiro atoms. The molecular weight excluding hydrogens is 158 g/mol. The molecule has 0 aromatic rings. The van der Waals surface area contributed by atoms with E-state index in [9.17, 15) is 5.11 Å². The van der Waals surface area contributed by atoms with E-state index >= 15 is 0 Å². The molecule has 0 heterocycles. The van der Waals surface area contributed by atoms with E-state index in [2.05, 4.69) is 0 Å². The summed E-state index contributed by atoms with van der Waals surface area (Å²) in [6.45, 7) is 4.63. The molecule has 0 rings (SSSR count). The lowest BCUT2D eigenvalue weighted by Gasteiger charge is -2.20. The molecule has 3 heteroatoms. The quantitative estimate of drug-likeness (QED) is 0.600. The van der Waals surface area contributed by atoms with Crippen LogP contribution in [0.25, 0.3) is 0 Å². The molecule has 0 aliphatic rings. The maximum atomic E-state index is 9.57. The van der Waals surface area contributed by atoms with Gasteiger partial charge in [-0.3, -0.25) is 0 Å². The van der Waals surface area contributed by atoms with Gasteiger partial charge in [0.05, 0.1) is 5.60 Å². The van der Waals surface area contributed by atoms with Gasteiger partial charge in [0.15, 0.2) is 0 Å². The standard InChI is InChI=1S/C8H19NOS/c1-3-8(2,10)7-11-6-4-5-9/h10H,3-7,9H2,1-2H3. The summed E-state index contributed by atoms with van der Waals surface area (Å²) >= 11 is 1.78. The molecular formula is C8H19NOS. The van der Waals surface area contributed by atoms with Crippen LogP contribution in [-0.4, -0.2) is 28.8 Å². The van der Waals surface area contributed by atoms with E-state index < -0.39 is 5.60 Å². The number of rotatable bonds is 6. The molecule has 0 saturated carbocycles. The summed E-state index contributed by atoms with van der Waals surface area (Å²) in [5.41, 5.74) is 4.85. The molecule has 0 bridgehead atoms. The Morgan fingerprint density at radius 1 is 1.55 bits per heavy atom. The molecule has 11 heavy (non-hydrogen) atoms. The Balaban J connectivity index is 3.23. The minimum Gasteiger partial charge on any atom is -0.389 e. The van der Waals surface area contributed by atoms with Crippen LogP contribution in [0.3, 0.4) is 0 Å². The van der Waals surface area contributed by atoms with Crippen molar-refractivity contribution in [1.29, 1.82) is 0 Å². The van der Waals surface area contributed by atoms with Crippen molar-refractivity contribution in [3.05, 3.63) is 0 Å². The van der Waals surface area contributed by atoms with Crippen molar-refractivity contribution in [2.24, 2.45) is 5.73 Å². The molecule has 0 saturated heterocycles. The van der Waals surface area contributed by atoms with E-state index in [1.165, 1.54) is 0 Å². The molecule has 0 aliphatic carbocycles. The lowest BCUT2D eigenvalue weighted by Crippen LogP contribution is -2.26. The minimum absolute atomic E-state index is 0.487. The van der Waals surface area contributed by atoms with Crippen LogP contribution in [0.1, 0.15) is 26.7 Å². The molecule has 1 atom stereocenters. The van der Waals surface area contributed by atoms with Crippen molar-refractivity contribution < 1.29 is 5.11 Å². The van der Waals surface area contributed by atoms with Gasteiger partial charge in [0, 0.05) is 5.75 Å². The van der Waals surface area contributed by atoms with Gasteiger partial charge in [-0.25, -0.2) is 0 Å². The van der Waals surface area contributed by atoms with Crippen LogP contribution >= 0.6 is 11.8 Å². The van der Waals surface area contributed by atoms with Crippen LogP contribution in [0, 0.1) is 0 Å². The van der Waals surface area contributed by atoms with Crippen molar-refractivity contribution in [3.8, 4) is 0 Å². The van der Waals surface area contributed by atoms with Crippen LogP contribution in [-0.2, 0) is 0 Å². The number of hydrogen-bond donors (Lipinski definition) is 2. The van der Waals surface area contributed by atoms with E-state index in [1.807, 2.05) is 13.8 Å². The fraction of sp³-hybridized carbons (Fsp3) is 1.00. The predicted molar refractivity (Wildman–Crippen MR) is 51.9 cm³/mol. The van der Waals surface area contributed by atoms with Crippen molar-refractivity contribution in [3.63, 3.8) is 0 Å². The number of hydrogen-bond acceptors (Lipinski definition) is 3. The molecule has 1 unspecified atom stereocenters. The number of thioether (sulfide) groups is 1. The molecule has 0 aromatic carbocycles. The maximum Gasteiger partial charge on any atom is 0.0707 e. The van der Waals surface area contributed by atoms with E-state index in [-0.39, 0.29) is 0 Å². The monoisotopic (exact) mass is 177 g/mol. The van der Waals surface area contributed by atoms with E-state index in [0.29, 0.717) is 0 Å². The van der Waals surface area contributed by atoms with Gasteiger partial charge in [-0.15, -0.1) is 0 Å². The van der Waals surface area contributed by atoms with Gasteiger partial charge >= 0.3 is 0 Å². The van der Waals surface area contributed by atoms with Crippen molar-refractivity contribution in [2.45, 2.75) is 32.3 Å². The third kappa shape index (κ3) is 6.66. The first-order chi connectivity index (χ1) is 5.12. The van der Waals surface area contributed by atoms with Gasteiger partial charge in [-0.2, -0.15) is 11.8 Å². The first-order valence-electron chi connectivity index (χ1n) is 4.12. The summed E-state index contributed by atoms with van der Waals surface area (Å²) in [5, 5.41) is 9.57. The van der Waals surface area contributed by atoms with E-state index in [0.717, 1.165) is 30.9 Å². The van der Waals surface area contributed by atoms with Crippen LogP contribution < -0.4 is 5.73 Å². The van der Waals surface area contributed by atoms with Crippen LogP contribution in [0.4, 0.5) is 0 Å². The minimum atomic E-state index is -0.487. The Kier molecular flexibility index (Phi) is 6.01. The lowest BCUT2D eigenvalue weighted by molar-refractivity contribution is 0.0816. The molecule has 2 nitrogen and oxygen atoms in total. The number of nitrogens with two attached hydrogens (primary N) is 1. The molecule has 0 aliphatic heterocycles. The summed E-state index contributed by atoms with van der Waals surface area (Å²) < 4.78 is 0. The van der Waals surface area contributed by atoms with E-state index in [1.54, 1.807) is 11.8 Å². The van der Waals surface area contributed by atoms with Gasteiger partial charge in [-0.05, 0) is 32.1 Å². The zero-order valence-corrected chi connectivity index (χ0v) is 8.28. The van der Waals surface area contributed by atoms with Crippen LogP contribution in [0.2, 0.25) is 0 Å². The summed E-state index contributed by atoms with van der Waals surface area (Å²) in [6.07, 6.45) is 1.87. The Labute approximate surface area is 73.6 Å². The highest BCUT2D eigenvalue weighted by Crippen LogP contribution is 2.16. The Hall–Kier alpha value is 0.270. The van der Waals surface area contributed by atoms with Gasteiger partial charge in [0.25, 0.3) is 0 Å². The van der Waals surface area contributed by atoms with Crippen molar-refractivity contribution in [1.82, 2.24) is 0 Å². The predicted octanol–water partition coefficient (Wildman–Crippen LogP) is 1.23. The Morgan fingerprint density at radius 2 is 2.18 bits per heavy atom. The molecule has 0 fully saturated rings. The van der Waals surface area contributed by atoms with E-state index in [4.69, 9.17) is 5.73 Å². The SMILES string of the molecule is CCC(C)(O)CSCCCN. The smallest absolute Gasteiger partial charge is 0.0707 e. The molecule has 0 amide bonds. The third-order valence-electron chi connectivity index (χ3n) is 1.67. The molecule has 68 valence electrons. The molecule has 3 N–H and O–H groups in total.